The fraction of sp³-hybridized carbons (Fsp3) is 0.696. The molecular weight excluding hydrogens is 324 g/mol. The largest absolute Gasteiger partial charge is 0.467 e. The van der Waals surface area contributed by atoms with Crippen molar-refractivity contribution in [2.45, 2.75) is 64.7 Å². The van der Waals surface area contributed by atoms with Crippen LogP contribution in [0.15, 0.2) is 12.1 Å². The summed E-state index contributed by atoms with van der Waals surface area (Å²) in [5.41, 5.74) is 4.03. The fourth-order valence-electron chi connectivity index (χ4n) is 6.74. The molecule has 3 unspecified atom stereocenters. The molecule has 0 N–H and O–H groups in total. The summed E-state index contributed by atoms with van der Waals surface area (Å²) in [6.45, 7) is 5.13. The van der Waals surface area contributed by atoms with Crippen LogP contribution in [-0.2, 0) is 11.2 Å². The molecule has 0 aliphatic heterocycles. The lowest BCUT2D eigenvalue weighted by Gasteiger charge is -2.51. The van der Waals surface area contributed by atoms with E-state index < -0.39 is 0 Å². The van der Waals surface area contributed by atoms with Gasteiger partial charge in [0.15, 0.2) is 13.1 Å². The number of carbonyl (C=O) groups excluding carboxylic acids is 1. The molecular formula is C23H32O3. The Bertz CT molecular complexity index is 682. The Morgan fingerprint density at radius 3 is 2.81 bits per heavy atom. The Hall–Kier alpha value is -1.35. The van der Waals surface area contributed by atoms with Crippen LogP contribution in [0.25, 0.3) is 0 Å². The molecule has 0 saturated heterocycles. The maximum atomic E-state index is 11.6. The van der Waals surface area contributed by atoms with Gasteiger partial charge in [-0.1, -0.05) is 20.3 Å². The number of methoxy groups -OCH3 is 1. The van der Waals surface area contributed by atoms with Crippen LogP contribution in [0.4, 0.5) is 0 Å². The summed E-state index contributed by atoms with van der Waals surface area (Å²) in [5, 5.41) is 0. The molecule has 0 amide bonds. The van der Waals surface area contributed by atoms with Gasteiger partial charge < -0.3 is 9.47 Å². The Morgan fingerprint density at radius 2 is 2.08 bits per heavy atom. The average molecular weight is 357 g/mol. The van der Waals surface area contributed by atoms with E-state index in [-0.39, 0.29) is 6.79 Å². The minimum absolute atomic E-state index is 0.185. The molecule has 3 nitrogen and oxygen atoms in total. The Labute approximate surface area is 157 Å². The number of fused-ring (bicyclic) bond motifs is 5. The second kappa shape index (κ2) is 6.99. The third-order valence-electron chi connectivity index (χ3n) is 8.00. The van der Waals surface area contributed by atoms with Crippen LogP contribution < -0.4 is 4.74 Å². The zero-order valence-corrected chi connectivity index (χ0v) is 16.4. The van der Waals surface area contributed by atoms with E-state index in [1.54, 1.807) is 7.11 Å². The maximum absolute atomic E-state index is 11.6. The smallest absolute Gasteiger partial charge is 0.188 e. The van der Waals surface area contributed by atoms with Crippen molar-refractivity contribution in [3.05, 3.63) is 28.8 Å². The van der Waals surface area contributed by atoms with Crippen LogP contribution >= 0.6 is 0 Å². The van der Waals surface area contributed by atoms with E-state index in [0.29, 0.717) is 22.6 Å². The molecule has 3 aliphatic carbocycles. The standard InChI is InChI=1S/C23H32O3/c1-4-17-6-8-21-19-7-5-15-12-22(26-14-25-3)16(13-24)11-20(15)18(19)9-10-23(17,21)2/h11-13,17-19,21H,4-10,14H2,1-3H3/t17-,18?,19?,21?,23+/m0/s1. The van der Waals surface area contributed by atoms with Gasteiger partial charge in [-0.05, 0) is 90.9 Å². The molecule has 0 radical (unpaired) electrons. The number of rotatable bonds is 5. The first-order valence-electron chi connectivity index (χ1n) is 10.4. The summed E-state index contributed by atoms with van der Waals surface area (Å²) in [4.78, 5) is 11.6. The van der Waals surface area contributed by atoms with E-state index in [1.165, 1.54) is 49.7 Å². The van der Waals surface area contributed by atoms with Crippen LogP contribution in [0.1, 0.15) is 79.8 Å². The molecule has 26 heavy (non-hydrogen) atoms. The summed E-state index contributed by atoms with van der Waals surface area (Å²) >= 11 is 0. The molecule has 1 aromatic carbocycles. The topological polar surface area (TPSA) is 35.5 Å². The van der Waals surface area contributed by atoms with Gasteiger partial charge >= 0.3 is 0 Å². The highest BCUT2D eigenvalue weighted by atomic mass is 16.7. The van der Waals surface area contributed by atoms with E-state index in [1.807, 2.05) is 0 Å². The van der Waals surface area contributed by atoms with Gasteiger partial charge in [-0.15, -0.1) is 0 Å². The van der Waals surface area contributed by atoms with Gasteiger partial charge in [-0.25, -0.2) is 0 Å². The van der Waals surface area contributed by atoms with Gasteiger partial charge in [-0.2, -0.15) is 0 Å². The predicted molar refractivity (Wildman–Crippen MR) is 103 cm³/mol. The number of carbonyl (C=O) groups is 1. The Morgan fingerprint density at radius 1 is 1.23 bits per heavy atom. The van der Waals surface area contributed by atoms with Gasteiger partial charge in [0.2, 0.25) is 0 Å². The first-order valence-corrected chi connectivity index (χ1v) is 10.4. The molecule has 2 fully saturated rings. The van der Waals surface area contributed by atoms with Crippen molar-refractivity contribution >= 4 is 6.29 Å². The SMILES string of the molecule is CC[C@H]1CCC2C3CCc4cc(OCOC)c(C=O)cc4C3CC[C@@]21C. The molecule has 2 saturated carbocycles. The molecule has 1 aromatic rings. The Balaban J connectivity index is 1.65. The van der Waals surface area contributed by atoms with Crippen molar-refractivity contribution in [1.29, 1.82) is 0 Å². The summed E-state index contributed by atoms with van der Waals surface area (Å²) in [6.07, 6.45) is 10.1. The zero-order valence-electron chi connectivity index (χ0n) is 16.4. The monoisotopic (exact) mass is 356 g/mol. The highest BCUT2D eigenvalue weighted by Crippen LogP contribution is 2.63. The molecule has 0 spiro atoms. The first-order chi connectivity index (χ1) is 12.6. The first kappa shape index (κ1) is 18.0. The Kier molecular flexibility index (Phi) is 4.85. The minimum Gasteiger partial charge on any atom is -0.467 e. The van der Waals surface area contributed by atoms with Gasteiger partial charge in [0, 0.05) is 7.11 Å². The molecule has 142 valence electrons. The number of benzene rings is 1. The lowest BCUT2D eigenvalue weighted by molar-refractivity contribution is 0.0270. The second-order valence-corrected chi connectivity index (χ2v) is 8.90. The van der Waals surface area contributed by atoms with Crippen molar-refractivity contribution < 1.29 is 14.3 Å². The zero-order chi connectivity index (χ0) is 18.3. The number of hydrogen-bond acceptors (Lipinski definition) is 3. The van der Waals surface area contributed by atoms with Crippen LogP contribution in [-0.4, -0.2) is 20.2 Å². The molecule has 0 bridgehead atoms. The number of aryl methyl sites for hydroxylation is 1. The fourth-order valence-corrected chi connectivity index (χ4v) is 6.74. The van der Waals surface area contributed by atoms with Crippen molar-refractivity contribution in [2.75, 3.05) is 13.9 Å². The third-order valence-corrected chi connectivity index (χ3v) is 8.00. The van der Waals surface area contributed by atoms with E-state index in [4.69, 9.17) is 9.47 Å². The second-order valence-electron chi connectivity index (χ2n) is 8.90. The van der Waals surface area contributed by atoms with Gasteiger partial charge in [0.25, 0.3) is 0 Å². The normalized spacial score (nSPS) is 35.3. The summed E-state index contributed by atoms with van der Waals surface area (Å²) < 4.78 is 10.7. The lowest BCUT2D eigenvalue weighted by atomic mass is 9.54. The van der Waals surface area contributed by atoms with Crippen molar-refractivity contribution in [2.24, 2.45) is 23.2 Å². The highest BCUT2D eigenvalue weighted by molar-refractivity contribution is 5.80. The maximum Gasteiger partial charge on any atom is 0.188 e. The van der Waals surface area contributed by atoms with Gasteiger partial charge in [0.1, 0.15) is 5.75 Å². The average Bonchev–Trinajstić information content (AvgIpc) is 3.01. The van der Waals surface area contributed by atoms with E-state index >= 15 is 0 Å². The van der Waals surface area contributed by atoms with Gasteiger partial charge in [0.05, 0.1) is 5.56 Å². The summed E-state index contributed by atoms with van der Waals surface area (Å²) in [6, 6.07) is 4.23. The molecule has 0 heterocycles. The highest BCUT2D eigenvalue weighted by Gasteiger charge is 2.54. The van der Waals surface area contributed by atoms with E-state index in [0.717, 1.165) is 30.5 Å². The van der Waals surface area contributed by atoms with Crippen molar-refractivity contribution in [1.82, 2.24) is 0 Å². The lowest BCUT2D eigenvalue weighted by Crippen LogP contribution is -2.42. The number of aldehydes is 1. The number of ether oxygens (including phenoxy) is 2. The van der Waals surface area contributed by atoms with Crippen LogP contribution in [0.2, 0.25) is 0 Å². The minimum atomic E-state index is 0.185. The third kappa shape index (κ3) is 2.70. The molecule has 5 atom stereocenters. The van der Waals surface area contributed by atoms with Crippen LogP contribution in [0, 0.1) is 23.2 Å². The van der Waals surface area contributed by atoms with Gasteiger partial charge in [-0.3, -0.25) is 4.79 Å². The molecule has 3 aliphatic rings. The summed E-state index contributed by atoms with van der Waals surface area (Å²) in [5.74, 6) is 3.87. The van der Waals surface area contributed by atoms with Crippen molar-refractivity contribution in [3.8, 4) is 5.75 Å². The quantitative estimate of drug-likeness (QED) is 0.526. The number of hydrogen-bond donors (Lipinski definition) is 0. The van der Waals surface area contributed by atoms with Crippen LogP contribution in [0.5, 0.6) is 5.75 Å². The summed E-state index contributed by atoms with van der Waals surface area (Å²) in [7, 11) is 1.60. The molecule has 3 heteroatoms. The predicted octanol–water partition coefficient (Wildman–Crippen LogP) is 5.36. The van der Waals surface area contributed by atoms with Crippen molar-refractivity contribution in [3.63, 3.8) is 0 Å². The van der Waals surface area contributed by atoms with E-state index in [2.05, 4.69) is 26.0 Å². The van der Waals surface area contributed by atoms with Crippen LogP contribution in [0.3, 0.4) is 0 Å². The molecule has 0 aromatic heterocycles. The molecule has 4 rings (SSSR count). The van der Waals surface area contributed by atoms with E-state index in [9.17, 15) is 4.79 Å².